The highest BCUT2D eigenvalue weighted by Crippen LogP contribution is 2.58. The summed E-state index contributed by atoms with van der Waals surface area (Å²) in [5, 5.41) is 4.35. The number of rotatable bonds is 1. The van der Waals surface area contributed by atoms with Gasteiger partial charge >= 0.3 is 0 Å². The molecule has 4 aliphatic rings. The lowest BCUT2D eigenvalue weighted by molar-refractivity contribution is -0.0518. The zero-order valence-corrected chi connectivity index (χ0v) is 10.5. The van der Waals surface area contributed by atoms with E-state index in [2.05, 4.69) is 5.10 Å². The Bertz CT molecular complexity index is 513. The molecule has 0 saturated heterocycles. The topological polar surface area (TPSA) is 60.9 Å². The van der Waals surface area contributed by atoms with Crippen molar-refractivity contribution in [3.05, 3.63) is 22.6 Å². The molecule has 1 aromatic rings. The average Bonchev–Trinajstić information content (AvgIpc) is 2.30. The van der Waals surface area contributed by atoms with E-state index >= 15 is 0 Å². The van der Waals surface area contributed by atoms with Gasteiger partial charge in [-0.1, -0.05) is 0 Å². The van der Waals surface area contributed by atoms with Crippen LogP contribution in [0.15, 0.2) is 17.1 Å². The summed E-state index contributed by atoms with van der Waals surface area (Å²) in [7, 11) is 0. The van der Waals surface area contributed by atoms with Crippen LogP contribution in [0.25, 0.3) is 0 Å². The Kier molecular flexibility index (Phi) is 1.98. The highest BCUT2D eigenvalue weighted by atomic mass is 16.1. The molecule has 0 spiro atoms. The third-order valence-electron chi connectivity index (χ3n) is 5.33. The molecule has 4 fully saturated rings. The van der Waals surface area contributed by atoms with Gasteiger partial charge in [-0.15, -0.1) is 0 Å². The lowest BCUT2D eigenvalue weighted by atomic mass is 9.53. The number of nitrogen functional groups attached to an aromatic ring is 1. The number of nitrogens with zero attached hydrogens (tertiary/aromatic N) is 2. The molecule has 96 valence electrons. The van der Waals surface area contributed by atoms with E-state index < -0.39 is 0 Å². The van der Waals surface area contributed by atoms with Crippen molar-refractivity contribution in [3.63, 3.8) is 0 Å². The van der Waals surface area contributed by atoms with Gasteiger partial charge in [0.1, 0.15) is 5.69 Å². The van der Waals surface area contributed by atoms with E-state index in [4.69, 9.17) is 5.73 Å². The number of hydrogen-bond donors (Lipinski definition) is 1. The van der Waals surface area contributed by atoms with Crippen LogP contribution in [0.2, 0.25) is 0 Å². The van der Waals surface area contributed by atoms with E-state index in [9.17, 15) is 4.79 Å². The van der Waals surface area contributed by atoms with Crippen LogP contribution in [-0.4, -0.2) is 9.78 Å². The Hall–Kier alpha value is -1.32. The van der Waals surface area contributed by atoms with E-state index in [1.54, 1.807) is 16.9 Å². The Morgan fingerprint density at radius 2 is 1.72 bits per heavy atom. The summed E-state index contributed by atoms with van der Waals surface area (Å²) in [5.74, 6) is 2.43. The molecule has 1 heterocycles. The maximum atomic E-state index is 12.3. The molecule has 4 bridgehead atoms. The number of aromatic nitrogens is 2. The third-order valence-corrected chi connectivity index (χ3v) is 5.33. The normalized spacial score (nSPS) is 41.2. The Morgan fingerprint density at radius 1 is 1.17 bits per heavy atom. The highest BCUT2D eigenvalue weighted by molar-refractivity contribution is 5.32. The molecule has 2 N–H and O–H groups in total. The van der Waals surface area contributed by atoms with E-state index in [0.29, 0.717) is 5.69 Å². The van der Waals surface area contributed by atoms with Crippen molar-refractivity contribution in [2.24, 2.45) is 17.8 Å². The minimum Gasteiger partial charge on any atom is -0.394 e. The van der Waals surface area contributed by atoms with Crippen LogP contribution in [0.4, 0.5) is 5.69 Å². The minimum atomic E-state index is -0.0838. The van der Waals surface area contributed by atoms with Crippen LogP contribution >= 0.6 is 0 Å². The quantitative estimate of drug-likeness (QED) is 0.820. The summed E-state index contributed by atoms with van der Waals surface area (Å²) in [6.07, 6.45) is 9.19. The van der Waals surface area contributed by atoms with Gasteiger partial charge in [-0.25, -0.2) is 4.68 Å². The van der Waals surface area contributed by atoms with Gasteiger partial charge in [0.25, 0.3) is 5.56 Å². The fourth-order valence-corrected chi connectivity index (χ4v) is 5.09. The Labute approximate surface area is 106 Å². The van der Waals surface area contributed by atoms with Crippen LogP contribution in [0.3, 0.4) is 0 Å². The van der Waals surface area contributed by atoms with Crippen molar-refractivity contribution in [1.82, 2.24) is 9.78 Å². The molecular weight excluding hydrogens is 226 g/mol. The van der Waals surface area contributed by atoms with Crippen LogP contribution < -0.4 is 11.3 Å². The van der Waals surface area contributed by atoms with Crippen molar-refractivity contribution in [2.75, 3.05) is 5.73 Å². The average molecular weight is 245 g/mol. The molecule has 4 aliphatic carbocycles. The predicted molar refractivity (Wildman–Crippen MR) is 69.1 cm³/mol. The maximum Gasteiger partial charge on any atom is 0.290 e. The lowest BCUT2D eigenvalue weighted by Crippen LogP contribution is -2.55. The van der Waals surface area contributed by atoms with E-state index in [-0.39, 0.29) is 11.1 Å². The van der Waals surface area contributed by atoms with Crippen LogP contribution in [-0.2, 0) is 5.54 Å². The van der Waals surface area contributed by atoms with Gasteiger partial charge in [0.05, 0.1) is 5.54 Å². The zero-order valence-electron chi connectivity index (χ0n) is 10.5. The minimum absolute atomic E-state index is 0.0127. The zero-order chi connectivity index (χ0) is 12.3. The molecule has 0 aliphatic heterocycles. The first-order valence-electron chi connectivity index (χ1n) is 7.01. The van der Waals surface area contributed by atoms with Gasteiger partial charge in [-0.3, -0.25) is 4.79 Å². The molecule has 1 aromatic heterocycles. The number of hydrogen-bond acceptors (Lipinski definition) is 3. The molecule has 4 nitrogen and oxygen atoms in total. The van der Waals surface area contributed by atoms with Gasteiger partial charge in [-0.05, 0) is 62.3 Å². The van der Waals surface area contributed by atoms with Gasteiger partial charge in [0.15, 0.2) is 0 Å². The summed E-state index contributed by atoms with van der Waals surface area (Å²) in [5.41, 5.74) is 6.00. The molecular formula is C14H19N3O. The first-order chi connectivity index (χ1) is 8.66. The Balaban J connectivity index is 1.84. The number of nitrogens with two attached hydrogens (primary N) is 1. The van der Waals surface area contributed by atoms with Crippen molar-refractivity contribution < 1.29 is 0 Å². The molecule has 4 saturated carbocycles. The highest BCUT2D eigenvalue weighted by Gasteiger charge is 2.52. The summed E-state index contributed by atoms with van der Waals surface area (Å²) < 4.78 is 1.73. The SMILES string of the molecule is Nc1ccnn(C23CC4CC(CC(C4)C2)C3)c1=O. The van der Waals surface area contributed by atoms with Crippen molar-refractivity contribution in [3.8, 4) is 0 Å². The van der Waals surface area contributed by atoms with E-state index in [1.807, 2.05) is 0 Å². The summed E-state index contributed by atoms with van der Waals surface area (Å²) >= 11 is 0. The second kappa shape index (κ2) is 3.37. The standard InChI is InChI=1S/C14H19N3O/c15-12-1-2-16-17(13(12)18)14-6-9-3-10(7-14)5-11(4-9)8-14/h1-2,9-11H,3-8,15H2. The second-order valence-electron chi connectivity index (χ2n) is 6.65. The van der Waals surface area contributed by atoms with Crippen molar-refractivity contribution in [2.45, 2.75) is 44.1 Å². The van der Waals surface area contributed by atoms with E-state index in [1.165, 1.54) is 19.3 Å². The maximum absolute atomic E-state index is 12.3. The van der Waals surface area contributed by atoms with Gasteiger partial charge < -0.3 is 5.73 Å². The predicted octanol–water partition coefficient (Wildman–Crippen LogP) is 1.75. The summed E-state index contributed by atoms with van der Waals surface area (Å²) in [6.45, 7) is 0. The summed E-state index contributed by atoms with van der Waals surface area (Å²) in [4.78, 5) is 12.3. The molecule has 0 amide bonds. The fraction of sp³-hybridized carbons (Fsp3) is 0.714. The smallest absolute Gasteiger partial charge is 0.290 e. The molecule has 0 radical (unpaired) electrons. The fourth-order valence-electron chi connectivity index (χ4n) is 5.09. The first kappa shape index (κ1) is 10.6. The molecule has 0 unspecified atom stereocenters. The van der Waals surface area contributed by atoms with Crippen LogP contribution in [0, 0.1) is 17.8 Å². The molecule has 5 rings (SSSR count). The van der Waals surface area contributed by atoms with Crippen LogP contribution in [0.1, 0.15) is 38.5 Å². The summed E-state index contributed by atoms with van der Waals surface area (Å²) in [6, 6.07) is 1.61. The monoisotopic (exact) mass is 245 g/mol. The molecule has 18 heavy (non-hydrogen) atoms. The van der Waals surface area contributed by atoms with Crippen LogP contribution in [0.5, 0.6) is 0 Å². The molecule has 0 atom stereocenters. The van der Waals surface area contributed by atoms with E-state index in [0.717, 1.165) is 37.0 Å². The van der Waals surface area contributed by atoms with Crippen molar-refractivity contribution >= 4 is 5.69 Å². The van der Waals surface area contributed by atoms with Gasteiger partial charge in [-0.2, -0.15) is 5.10 Å². The van der Waals surface area contributed by atoms with Gasteiger partial charge in [0.2, 0.25) is 0 Å². The molecule has 0 aromatic carbocycles. The Morgan fingerprint density at radius 3 is 2.28 bits per heavy atom. The second-order valence-corrected chi connectivity index (χ2v) is 6.65. The van der Waals surface area contributed by atoms with Crippen molar-refractivity contribution in [1.29, 1.82) is 0 Å². The lowest BCUT2D eigenvalue weighted by Gasteiger charge is -2.56. The number of anilines is 1. The largest absolute Gasteiger partial charge is 0.394 e. The molecule has 4 heteroatoms. The van der Waals surface area contributed by atoms with Gasteiger partial charge in [0, 0.05) is 6.20 Å². The first-order valence-corrected chi connectivity index (χ1v) is 7.01. The third kappa shape index (κ3) is 1.32.